The van der Waals surface area contributed by atoms with Crippen LogP contribution >= 0.6 is 0 Å². The van der Waals surface area contributed by atoms with Crippen molar-refractivity contribution < 1.29 is 14.6 Å². The van der Waals surface area contributed by atoms with E-state index >= 15 is 0 Å². The minimum atomic E-state index is -0.810. The van der Waals surface area contributed by atoms with Gasteiger partial charge in [0.2, 0.25) is 0 Å². The van der Waals surface area contributed by atoms with Crippen molar-refractivity contribution in [3.8, 4) is 0 Å². The fraction of sp³-hybridized carbons (Fsp3) is 0.417. The van der Waals surface area contributed by atoms with Crippen LogP contribution in [0.15, 0.2) is 24.3 Å². The number of para-hydroxylation sites is 1. The number of aryl methyl sites for hydroxylation is 1. The van der Waals surface area contributed by atoms with Crippen molar-refractivity contribution in [2.75, 3.05) is 24.7 Å². The molecule has 1 heterocycles. The Balaban J connectivity index is 2.23. The van der Waals surface area contributed by atoms with E-state index in [9.17, 15) is 4.79 Å². The number of rotatable bonds is 4. The molecule has 0 spiro atoms. The summed E-state index contributed by atoms with van der Waals surface area (Å²) in [6.07, 6.45) is 0. The third kappa shape index (κ3) is 2.17. The van der Waals surface area contributed by atoms with Crippen LogP contribution in [0.5, 0.6) is 0 Å². The Kier molecular flexibility index (Phi) is 3.10. The number of benzene rings is 1. The zero-order valence-corrected chi connectivity index (χ0v) is 9.22. The summed E-state index contributed by atoms with van der Waals surface area (Å²) >= 11 is 0. The molecule has 0 radical (unpaired) electrons. The van der Waals surface area contributed by atoms with Crippen molar-refractivity contribution >= 4 is 11.7 Å². The molecule has 1 aromatic carbocycles. The summed E-state index contributed by atoms with van der Waals surface area (Å²) < 4.78 is 5.12. The normalized spacial score (nSPS) is 15.6. The highest BCUT2D eigenvalue weighted by Gasteiger charge is 2.28. The van der Waals surface area contributed by atoms with Gasteiger partial charge in [0.05, 0.1) is 19.3 Å². The topological polar surface area (TPSA) is 49.8 Å². The first kappa shape index (κ1) is 11.0. The standard InChI is InChI=1S/C12H15NO3/c1-9-4-2-3-5-11(9)13(6-12(14)15)10-7-16-8-10/h2-5,10H,6-8H2,1H3,(H,14,15). The fourth-order valence-corrected chi connectivity index (χ4v) is 1.85. The first-order chi connectivity index (χ1) is 7.68. The molecule has 1 N–H and O–H groups in total. The van der Waals surface area contributed by atoms with Crippen LogP contribution in [0, 0.1) is 6.92 Å². The Morgan fingerprint density at radius 2 is 2.19 bits per heavy atom. The van der Waals surface area contributed by atoms with Gasteiger partial charge in [0, 0.05) is 5.69 Å². The molecule has 0 bridgehead atoms. The molecule has 4 nitrogen and oxygen atoms in total. The minimum Gasteiger partial charge on any atom is -0.480 e. The van der Waals surface area contributed by atoms with E-state index in [1.54, 1.807) is 0 Å². The molecule has 1 aliphatic rings. The number of hydrogen-bond donors (Lipinski definition) is 1. The summed E-state index contributed by atoms with van der Waals surface area (Å²) in [5.41, 5.74) is 2.08. The third-order valence-electron chi connectivity index (χ3n) is 2.79. The molecule has 1 aromatic rings. The maximum absolute atomic E-state index is 10.9. The predicted molar refractivity (Wildman–Crippen MR) is 60.8 cm³/mol. The van der Waals surface area contributed by atoms with E-state index in [0.717, 1.165) is 11.3 Å². The van der Waals surface area contributed by atoms with Crippen LogP contribution in [0.3, 0.4) is 0 Å². The van der Waals surface area contributed by atoms with Crippen molar-refractivity contribution in [3.63, 3.8) is 0 Å². The number of nitrogens with zero attached hydrogens (tertiary/aromatic N) is 1. The highest BCUT2D eigenvalue weighted by atomic mass is 16.5. The summed E-state index contributed by atoms with van der Waals surface area (Å²) in [5.74, 6) is -0.810. The van der Waals surface area contributed by atoms with Crippen LogP contribution in [0.1, 0.15) is 5.56 Å². The molecule has 0 amide bonds. The first-order valence-corrected chi connectivity index (χ1v) is 5.30. The van der Waals surface area contributed by atoms with Crippen molar-refractivity contribution in [1.82, 2.24) is 0 Å². The van der Waals surface area contributed by atoms with Gasteiger partial charge in [-0.15, -0.1) is 0 Å². The number of anilines is 1. The predicted octanol–water partition coefficient (Wildman–Crippen LogP) is 1.28. The van der Waals surface area contributed by atoms with Crippen molar-refractivity contribution in [3.05, 3.63) is 29.8 Å². The van der Waals surface area contributed by atoms with E-state index < -0.39 is 5.97 Å². The van der Waals surface area contributed by atoms with Crippen LogP contribution in [0.2, 0.25) is 0 Å². The fourth-order valence-electron chi connectivity index (χ4n) is 1.85. The second-order valence-corrected chi connectivity index (χ2v) is 4.00. The molecule has 16 heavy (non-hydrogen) atoms. The molecule has 1 fully saturated rings. The van der Waals surface area contributed by atoms with Gasteiger partial charge in [-0.2, -0.15) is 0 Å². The molecule has 2 rings (SSSR count). The van der Waals surface area contributed by atoms with Gasteiger partial charge in [0.25, 0.3) is 0 Å². The van der Waals surface area contributed by atoms with E-state index in [1.807, 2.05) is 36.1 Å². The van der Waals surface area contributed by atoms with Crippen LogP contribution in [-0.2, 0) is 9.53 Å². The van der Waals surface area contributed by atoms with Gasteiger partial charge < -0.3 is 14.7 Å². The maximum Gasteiger partial charge on any atom is 0.323 e. The summed E-state index contributed by atoms with van der Waals surface area (Å²) in [4.78, 5) is 12.8. The number of carboxylic acids is 1. The molecule has 0 aromatic heterocycles. The van der Waals surface area contributed by atoms with E-state index in [4.69, 9.17) is 9.84 Å². The average molecular weight is 221 g/mol. The lowest BCUT2D eigenvalue weighted by Gasteiger charge is -2.38. The van der Waals surface area contributed by atoms with Gasteiger partial charge in [0.15, 0.2) is 0 Å². The zero-order chi connectivity index (χ0) is 11.5. The van der Waals surface area contributed by atoms with Gasteiger partial charge in [-0.05, 0) is 18.6 Å². The van der Waals surface area contributed by atoms with Crippen LogP contribution < -0.4 is 4.90 Å². The SMILES string of the molecule is Cc1ccccc1N(CC(=O)O)C1COC1. The van der Waals surface area contributed by atoms with Crippen LogP contribution in [0.25, 0.3) is 0 Å². The lowest BCUT2D eigenvalue weighted by atomic mass is 10.1. The summed E-state index contributed by atoms with van der Waals surface area (Å²) in [5, 5.41) is 8.92. The van der Waals surface area contributed by atoms with Crippen LogP contribution in [0.4, 0.5) is 5.69 Å². The summed E-state index contributed by atoms with van der Waals surface area (Å²) in [6.45, 7) is 3.24. The Morgan fingerprint density at radius 3 is 2.69 bits per heavy atom. The van der Waals surface area contributed by atoms with Crippen molar-refractivity contribution in [1.29, 1.82) is 0 Å². The molecule has 4 heteroatoms. The Labute approximate surface area is 94.4 Å². The zero-order valence-electron chi connectivity index (χ0n) is 9.22. The molecular formula is C12H15NO3. The number of hydrogen-bond acceptors (Lipinski definition) is 3. The summed E-state index contributed by atoms with van der Waals surface area (Å²) in [7, 11) is 0. The number of aliphatic carboxylic acids is 1. The van der Waals surface area contributed by atoms with Crippen LogP contribution in [-0.4, -0.2) is 36.9 Å². The van der Waals surface area contributed by atoms with E-state index in [1.165, 1.54) is 0 Å². The lowest BCUT2D eigenvalue weighted by Crippen LogP contribution is -2.51. The van der Waals surface area contributed by atoms with Gasteiger partial charge in [-0.1, -0.05) is 18.2 Å². The van der Waals surface area contributed by atoms with Gasteiger partial charge in [0.1, 0.15) is 6.54 Å². The Morgan fingerprint density at radius 1 is 1.50 bits per heavy atom. The molecule has 1 saturated heterocycles. The minimum absolute atomic E-state index is 0.0267. The largest absolute Gasteiger partial charge is 0.480 e. The third-order valence-corrected chi connectivity index (χ3v) is 2.79. The lowest BCUT2D eigenvalue weighted by molar-refractivity contribution is -0.135. The van der Waals surface area contributed by atoms with Gasteiger partial charge >= 0.3 is 5.97 Å². The molecule has 0 aliphatic carbocycles. The number of carbonyl (C=O) groups is 1. The van der Waals surface area contributed by atoms with E-state index in [0.29, 0.717) is 13.2 Å². The van der Waals surface area contributed by atoms with Crippen molar-refractivity contribution in [2.45, 2.75) is 13.0 Å². The summed E-state index contributed by atoms with van der Waals surface area (Å²) in [6, 6.07) is 8.02. The second kappa shape index (κ2) is 4.53. The molecule has 0 saturated carbocycles. The van der Waals surface area contributed by atoms with Gasteiger partial charge in [-0.3, -0.25) is 4.79 Å². The van der Waals surface area contributed by atoms with Gasteiger partial charge in [-0.25, -0.2) is 0 Å². The molecular weight excluding hydrogens is 206 g/mol. The molecule has 0 atom stereocenters. The number of ether oxygens (including phenoxy) is 1. The smallest absolute Gasteiger partial charge is 0.323 e. The molecule has 0 unspecified atom stereocenters. The highest BCUT2D eigenvalue weighted by molar-refractivity contribution is 5.74. The second-order valence-electron chi connectivity index (χ2n) is 4.00. The Bertz CT molecular complexity index is 388. The van der Waals surface area contributed by atoms with E-state index in [-0.39, 0.29) is 12.6 Å². The van der Waals surface area contributed by atoms with E-state index in [2.05, 4.69) is 0 Å². The monoisotopic (exact) mass is 221 g/mol. The van der Waals surface area contributed by atoms with Crippen molar-refractivity contribution in [2.24, 2.45) is 0 Å². The molecule has 86 valence electrons. The average Bonchev–Trinajstić information content (AvgIpc) is 2.14. The maximum atomic E-state index is 10.9. The number of carboxylic acid groups (broad SMARTS) is 1. The Hall–Kier alpha value is -1.55. The quantitative estimate of drug-likeness (QED) is 0.832. The molecule has 1 aliphatic heterocycles. The first-order valence-electron chi connectivity index (χ1n) is 5.30. The highest BCUT2D eigenvalue weighted by Crippen LogP contribution is 2.24.